The molecular weight excluding hydrogens is 520 g/mol. The summed E-state index contributed by atoms with van der Waals surface area (Å²) in [6.45, 7) is 10.4. The predicted octanol–water partition coefficient (Wildman–Crippen LogP) is 0.181. The van der Waals surface area contributed by atoms with Gasteiger partial charge in [0.15, 0.2) is 0 Å². The third-order valence-corrected chi connectivity index (χ3v) is 6.32. The fourth-order valence-corrected chi connectivity index (χ4v) is 5.48. The van der Waals surface area contributed by atoms with Gasteiger partial charge >= 0.3 is 29.8 Å². The van der Waals surface area contributed by atoms with Crippen LogP contribution in [0.2, 0.25) is 0 Å². The lowest BCUT2D eigenvalue weighted by atomic mass is 9.57. The Labute approximate surface area is 226 Å². The zero-order chi connectivity index (χ0) is 30.1. The molecule has 2 aliphatic rings. The number of rotatable bonds is 9. The van der Waals surface area contributed by atoms with E-state index in [4.69, 9.17) is 28.5 Å². The van der Waals surface area contributed by atoms with Gasteiger partial charge in [-0.3, -0.25) is 9.59 Å². The van der Waals surface area contributed by atoms with Crippen molar-refractivity contribution >= 4 is 35.8 Å². The number of hydrogen-bond donors (Lipinski definition) is 1. The second-order valence-electron chi connectivity index (χ2n) is 10.8. The van der Waals surface area contributed by atoms with Crippen LogP contribution in [0.5, 0.6) is 0 Å². The topological polar surface area (TPSA) is 173 Å². The van der Waals surface area contributed by atoms with Gasteiger partial charge in [0.1, 0.15) is 11.5 Å². The third-order valence-electron chi connectivity index (χ3n) is 6.32. The molecule has 3 atom stereocenters. The minimum absolute atomic E-state index is 0.250. The molecule has 1 fully saturated rings. The number of nitrogens with zero attached hydrogens (tertiary/aromatic N) is 1. The van der Waals surface area contributed by atoms with Crippen molar-refractivity contribution in [1.29, 1.82) is 0 Å². The normalized spacial score (nSPS) is 24.4. The average molecular weight is 557 g/mol. The first-order valence-corrected chi connectivity index (χ1v) is 12.0. The van der Waals surface area contributed by atoms with Crippen LogP contribution in [0.25, 0.3) is 0 Å². The number of amides is 1. The number of carbonyl (C=O) groups is 6. The molecule has 0 aromatic rings. The standard InChI is InChI=1S/C25H36N2O12/c1-11-38-21(33)24-13(16(28)34-7)14(17(29)35-8)39-27(24)25(20(32)37-10,15(24)18(30)36-9)19(31)26-23(5,6)12-22(2,3)4/h15H,11-12H2,1-10H3,(H,26,31)/t15-,24-,25+/m1/s1. The Morgan fingerprint density at radius 3 is 1.87 bits per heavy atom. The van der Waals surface area contributed by atoms with Gasteiger partial charge in [-0.15, -0.1) is 0 Å². The minimum Gasteiger partial charge on any atom is -0.469 e. The molecule has 0 spiro atoms. The molecule has 0 radical (unpaired) electrons. The van der Waals surface area contributed by atoms with Gasteiger partial charge in [-0.2, -0.15) is 0 Å². The molecule has 0 unspecified atom stereocenters. The maximum atomic E-state index is 14.1. The molecule has 0 aliphatic carbocycles. The first kappa shape index (κ1) is 31.5. The lowest BCUT2D eigenvalue weighted by Crippen LogP contribution is -2.90. The molecule has 1 N–H and O–H groups in total. The van der Waals surface area contributed by atoms with Gasteiger partial charge < -0.3 is 33.8 Å². The Morgan fingerprint density at radius 2 is 1.44 bits per heavy atom. The third kappa shape index (κ3) is 4.81. The molecule has 14 nitrogen and oxygen atoms in total. The number of fused-ring (bicyclic) bond motifs is 1. The van der Waals surface area contributed by atoms with Crippen molar-refractivity contribution in [1.82, 2.24) is 10.4 Å². The summed E-state index contributed by atoms with van der Waals surface area (Å²) < 4.78 is 24.5. The number of esters is 5. The van der Waals surface area contributed by atoms with E-state index in [-0.39, 0.29) is 12.0 Å². The average Bonchev–Trinajstić information content (AvgIpc) is 3.13. The minimum atomic E-state index is -2.75. The van der Waals surface area contributed by atoms with Crippen LogP contribution in [0, 0.1) is 11.3 Å². The fourth-order valence-electron chi connectivity index (χ4n) is 5.48. The van der Waals surface area contributed by atoms with Gasteiger partial charge in [0.05, 0.1) is 35.0 Å². The Balaban J connectivity index is 2.96. The number of ether oxygens (including phenoxy) is 5. The molecule has 2 aliphatic heterocycles. The Kier molecular flexibility index (Phi) is 8.76. The maximum absolute atomic E-state index is 14.1. The van der Waals surface area contributed by atoms with Gasteiger partial charge in [0.25, 0.3) is 5.91 Å². The molecule has 39 heavy (non-hydrogen) atoms. The highest BCUT2D eigenvalue weighted by Gasteiger charge is 2.90. The van der Waals surface area contributed by atoms with Crippen molar-refractivity contribution in [3.8, 4) is 0 Å². The number of nitrogens with one attached hydrogen (secondary N) is 1. The van der Waals surface area contributed by atoms with Crippen molar-refractivity contribution in [3.63, 3.8) is 0 Å². The van der Waals surface area contributed by atoms with Crippen molar-refractivity contribution < 1.29 is 57.3 Å². The zero-order valence-electron chi connectivity index (χ0n) is 23.8. The second kappa shape index (κ2) is 10.8. The van der Waals surface area contributed by atoms with Crippen LogP contribution in [-0.2, 0) is 57.3 Å². The summed E-state index contributed by atoms with van der Waals surface area (Å²) in [4.78, 5) is 85.9. The summed E-state index contributed by atoms with van der Waals surface area (Å²) in [5, 5.41) is 3.19. The van der Waals surface area contributed by atoms with Gasteiger partial charge in [0, 0.05) is 5.54 Å². The van der Waals surface area contributed by atoms with Crippen LogP contribution in [0.15, 0.2) is 11.3 Å². The van der Waals surface area contributed by atoms with E-state index in [1.165, 1.54) is 6.92 Å². The smallest absolute Gasteiger partial charge is 0.376 e. The number of hydrogen-bond acceptors (Lipinski definition) is 13. The lowest BCUT2D eigenvalue weighted by Gasteiger charge is -2.59. The molecule has 2 rings (SSSR count). The number of methoxy groups -OCH3 is 4. The van der Waals surface area contributed by atoms with Gasteiger partial charge in [-0.25, -0.2) is 19.2 Å². The quantitative estimate of drug-likeness (QED) is 0.232. The summed E-state index contributed by atoms with van der Waals surface area (Å²) in [5.41, 5.74) is -7.47. The summed E-state index contributed by atoms with van der Waals surface area (Å²) in [7, 11) is 3.81. The highest BCUT2D eigenvalue weighted by atomic mass is 16.7. The van der Waals surface area contributed by atoms with E-state index in [2.05, 4.69) is 5.32 Å². The Bertz CT molecular complexity index is 1100. The van der Waals surface area contributed by atoms with Crippen LogP contribution in [0.3, 0.4) is 0 Å². The van der Waals surface area contributed by atoms with Crippen LogP contribution >= 0.6 is 0 Å². The van der Waals surface area contributed by atoms with Crippen molar-refractivity contribution in [2.75, 3.05) is 35.0 Å². The molecule has 0 bridgehead atoms. The van der Waals surface area contributed by atoms with Gasteiger partial charge in [-0.05, 0) is 32.6 Å². The highest BCUT2D eigenvalue weighted by Crippen LogP contribution is 2.61. The van der Waals surface area contributed by atoms with Gasteiger partial charge in [0.2, 0.25) is 16.8 Å². The van der Waals surface area contributed by atoms with E-state index >= 15 is 0 Å². The monoisotopic (exact) mass is 556 g/mol. The fraction of sp³-hybridized carbons (Fsp3) is 0.680. The number of hydroxylamine groups is 2. The first-order valence-electron chi connectivity index (χ1n) is 12.0. The van der Waals surface area contributed by atoms with E-state index in [1.807, 2.05) is 20.8 Å². The molecule has 14 heteroatoms. The lowest BCUT2D eigenvalue weighted by molar-refractivity contribution is -0.309. The van der Waals surface area contributed by atoms with E-state index in [0.29, 0.717) is 11.5 Å². The molecule has 1 saturated heterocycles. The summed E-state index contributed by atoms with van der Waals surface area (Å²) in [6.07, 6.45) is 0.412. The second-order valence-corrected chi connectivity index (χ2v) is 10.8. The van der Waals surface area contributed by atoms with Crippen LogP contribution in [0.4, 0.5) is 0 Å². The molecular formula is C25H36N2O12. The largest absolute Gasteiger partial charge is 0.469 e. The SMILES string of the molecule is CCOC(=O)[C@]12C(C(=O)OC)=C(C(=O)OC)ON1[C@@](C(=O)NC(C)(C)CC(C)(C)C)(C(=O)OC)[C@@H]2C(=O)OC. The summed E-state index contributed by atoms with van der Waals surface area (Å²) in [6, 6.07) is 0. The molecule has 0 saturated carbocycles. The van der Waals surface area contributed by atoms with Crippen molar-refractivity contribution in [2.45, 2.75) is 64.6 Å². The highest BCUT2D eigenvalue weighted by molar-refractivity contribution is 6.20. The molecule has 0 aromatic carbocycles. The molecule has 218 valence electrons. The van der Waals surface area contributed by atoms with Crippen molar-refractivity contribution in [2.24, 2.45) is 11.3 Å². The van der Waals surface area contributed by atoms with E-state index < -0.39 is 69.6 Å². The van der Waals surface area contributed by atoms with E-state index in [0.717, 1.165) is 28.4 Å². The molecule has 2 heterocycles. The first-order chi connectivity index (χ1) is 18.0. The van der Waals surface area contributed by atoms with E-state index in [9.17, 15) is 28.8 Å². The maximum Gasteiger partial charge on any atom is 0.376 e. The van der Waals surface area contributed by atoms with Crippen LogP contribution in [0.1, 0.15) is 48.0 Å². The van der Waals surface area contributed by atoms with Crippen LogP contribution < -0.4 is 5.32 Å². The Morgan fingerprint density at radius 1 is 0.872 bits per heavy atom. The Hall–Kier alpha value is -3.68. The van der Waals surface area contributed by atoms with E-state index in [1.54, 1.807) is 13.8 Å². The summed E-state index contributed by atoms with van der Waals surface area (Å²) in [5.74, 6) is -10.6. The number of carbonyl (C=O) groups excluding carboxylic acids is 6. The van der Waals surface area contributed by atoms with Gasteiger partial charge in [-0.1, -0.05) is 25.8 Å². The summed E-state index contributed by atoms with van der Waals surface area (Å²) >= 11 is 0. The predicted molar refractivity (Wildman–Crippen MR) is 130 cm³/mol. The zero-order valence-corrected chi connectivity index (χ0v) is 23.8. The molecule has 1 amide bonds. The molecule has 0 aromatic heterocycles. The van der Waals surface area contributed by atoms with Crippen molar-refractivity contribution in [3.05, 3.63) is 11.3 Å². The van der Waals surface area contributed by atoms with Crippen LogP contribution in [-0.4, -0.2) is 92.5 Å².